The van der Waals surface area contributed by atoms with Crippen molar-refractivity contribution in [2.45, 2.75) is 39.7 Å². The fraction of sp³-hybridized carbons (Fsp3) is 0.500. The third kappa shape index (κ3) is 4.39. The lowest BCUT2D eigenvalue weighted by molar-refractivity contribution is 0.257. The molecule has 0 aromatic carbocycles. The molecule has 0 unspecified atom stereocenters. The van der Waals surface area contributed by atoms with Crippen molar-refractivity contribution in [2.24, 2.45) is 0 Å². The number of hydrogen-bond acceptors (Lipinski definition) is 4. The average molecular weight is 289 g/mol. The summed E-state index contributed by atoms with van der Waals surface area (Å²) < 4.78 is 0. The van der Waals surface area contributed by atoms with E-state index in [9.17, 15) is 0 Å². The van der Waals surface area contributed by atoms with Gasteiger partial charge in [-0.2, -0.15) is 0 Å². The number of likely N-dealkylation sites (N-methyl/N-ethyl adjacent to an activating group) is 1. The van der Waals surface area contributed by atoms with Crippen LogP contribution >= 0.6 is 11.3 Å². The van der Waals surface area contributed by atoms with Gasteiger partial charge in [0.05, 0.1) is 10.7 Å². The van der Waals surface area contributed by atoms with Crippen LogP contribution in [0.3, 0.4) is 0 Å². The zero-order valence-electron chi connectivity index (χ0n) is 12.8. The van der Waals surface area contributed by atoms with E-state index in [2.05, 4.69) is 54.1 Å². The van der Waals surface area contributed by atoms with Crippen molar-refractivity contribution in [3.8, 4) is 0 Å². The Kier molecular flexibility index (Phi) is 5.26. The predicted octanol–water partition coefficient (Wildman–Crippen LogP) is 3.26. The van der Waals surface area contributed by atoms with Crippen LogP contribution in [0.25, 0.3) is 0 Å². The molecule has 0 aliphatic carbocycles. The van der Waals surface area contributed by atoms with E-state index in [1.54, 1.807) is 11.3 Å². The second kappa shape index (κ2) is 6.95. The highest BCUT2D eigenvalue weighted by atomic mass is 32.1. The van der Waals surface area contributed by atoms with Crippen molar-refractivity contribution in [3.63, 3.8) is 0 Å². The number of aryl methyl sites for hydroxylation is 2. The first-order chi connectivity index (χ1) is 9.54. The average Bonchev–Trinajstić information content (AvgIpc) is 2.81. The molecule has 20 heavy (non-hydrogen) atoms. The number of rotatable bonds is 6. The minimum atomic E-state index is 0.490. The molecule has 0 amide bonds. The van der Waals surface area contributed by atoms with Crippen molar-refractivity contribution in [2.75, 3.05) is 13.6 Å². The van der Waals surface area contributed by atoms with Crippen LogP contribution in [0, 0.1) is 13.8 Å². The van der Waals surface area contributed by atoms with E-state index >= 15 is 0 Å². The van der Waals surface area contributed by atoms with Gasteiger partial charge in [0.2, 0.25) is 0 Å². The molecule has 2 aromatic heterocycles. The van der Waals surface area contributed by atoms with Crippen LogP contribution in [0.5, 0.6) is 0 Å². The summed E-state index contributed by atoms with van der Waals surface area (Å²) in [6.45, 7) is 7.47. The van der Waals surface area contributed by atoms with Crippen molar-refractivity contribution < 1.29 is 0 Å². The first kappa shape index (κ1) is 15.1. The Balaban J connectivity index is 1.84. The summed E-state index contributed by atoms with van der Waals surface area (Å²) in [5, 5.41) is 3.32. The molecule has 0 aliphatic heterocycles. The maximum absolute atomic E-state index is 4.52. The normalized spacial score (nSPS) is 12.8. The van der Waals surface area contributed by atoms with Crippen LogP contribution in [0.1, 0.15) is 28.9 Å². The highest BCUT2D eigenvalue weighted by Gasteiger charge is 2.11. The van der Waals surface area contributed by atoms with Gasteiger partial charge in [-0.1, -0.05) is 0 Å². The Labute approximate surface area is 125 Å². The second-order valence-electron chi connectivity index (χ2n) is 5.47. The Bertz CT molecular complexity index is 550. The molecule has 0 bridgehead atoms. The van der Waals surface area contributed by atoms with Crippen LogP contribution in [0.15, 0.2) is 23.7 Å². The van der Waals surface area contributed by atoms with Gasteiger partial charge in [-0.05, 0) is 45.5 Å². The predicted molar refractivity (Wildman–Crippen MR) is 85.3 cm³/mol. The second-order valence-corrected chi connectivity index (χ2v) is 6.53. The molecule has 1 atom stereocenters. The van der Waals surface area contributed by atoms with Crippen molar-refractivity contribution in [1.29, 1.82) is 0 Å². The quantitative estimate of drug-likeness (QED) is 0.817. The van der Waals surface area contributed by atoms with Gasteiger partial charge >= 0.3 is 0 Å². The van der Waals surface area contributed by atoms with E-state index < -0.39 is 0 Å². The summed E-state index contributed by atoms with van der Waals surface area (Å²) >= 11 is 1.73. The highest BCUT2D eigenvalue weighted by Crippen LogP contribution is 2.11. The number of aromatic nitrogens is 2. The van der Waals surface area contributed by atoms with Crippen molar-refractivity contribution in [3.05, 3.63) is 45.7 Å². The van der Waals surface area contributed by atoms with Crippen LogP contribution in [0.2, 0.25) is 0 Å². The molecule has 0 saturated carbocycles. The Morgan fingerprint density at radius 1 is 1.30 bits per heavy atom. The van der Waals surface area contributed by atoms with Crippen molar-refractivity contribution in [1.82, 2.24) is 14.9 Å². The van der Waals surface area contributed by atoms with Gasteiger partial charge in [0.1, 0.15) is 0 Å². The third-order valence-corrected chi connectivity index (χ3v) is 4.44. The first-order valence-corrected chi connectivity index (χ1v) is 7.95. The number of pyridine rings is 1. The lowest BCUT2D eigenvalue weighted by atomic mass is 10.1. The van der Waals surface area contributed by atoms with Gasteiger partial charge in [-0.25, -0.2) is 4.98 Å². The molecule has 2 heterocycles. The number of nitrogens with zero attached hydrogens (tertiary/aromatic N) is 3. The largest absolute Gasteiger partial charge is 0.303 e. The highest BCUT2D eigenvalue weighted by molar-refractivity contribution is 7.09. The van der Waals surface area contributed by atoms with Gasteiger partial charge in [-0.3, -0.25) is 4.98 Å². The smallest absolute Gasteiger partial charge is 0.0897 e. The zero-order chi connectivity index (χ0) is 14.5. The fourth-order valence-electron chi connectivity index (χ4n) is 2.20. The summed E-state index contributed by atoms with van der Waals surface area (Å²) in [6.07, 6.45) is 3.91. The Hall–Kier alpha value is -1.26. The number of thiazole rings is 1. The summed E-state index contributed by atoms with van der Waals surface area (Å²) in [4.78, 5) is 11.4. The lowest BCUT2D eigenvalue weighted by Crippen LogP contribution is -2.33. The molecule has 3 nitrogen and oxygen atoms in total. The van der Waals surface area contributed by atoms with Gasteiger partial charge in [-0.15, -0.1) is 11.3 Å². The topological polar surface area (TPSA) is 29.0 Å². The molecule has 0 N–H and O–H groups in total. The monoisotopic (exact) mass is 289 g/mol. The molecule has 2 aromatic rings. The minimum absolute atomic E-state index is 0.490. The zero-order valence-corrected chi connectivity index (χ0v) is 13.6. The molecule has 108 valence electrons. The summed E-state index contributed by atoms with van der Waals surface area (Å²) in [6, 6.07) is 4.71. The van der Waals surface area contributed by atoms with Crippen LogP contribution in [0.4, 0.5) is 0 Å². The standard InChI is InChI=1S/C16H23N3S/c1-12-5-7-17-16(9-12)10-13(2)19(4)8-6-15-11-20-14(3)18-15/h5,7,9,11,13H,6,8,10H2,1-4H3/t13-/m0/s1. The molecule has 0 aliphatic rings. The molecule has 2 rings (SSSR count). The van der Waals surface area contributed by atoms with Crippen molar-refractivity contribution >= 4 is 11.3 Å². The van der Waals surface area contributed by atoms with E-state index in [-0.39, 0.29) is 0 Å². The maximum atomic E-state index is 4.52. The van der Waals surface area contributed by atoms with E-state index in [1.807, 2.05) is 12.3 Å². The minimum Gasteiger partial charge on any atom is -0.303 e. The van der Waals surface area contributed by atoms with Gasteiger partial charge in [0.15, 0.2) is 0 Å². The molecule has 4 heteroatoms. The van der Waals surface area contributed by atoms with E-state index in [1.165, 1.54) is 17.0 Å². The molecule has 0 radical (unpaired) electrons. The van der Waals surface area contributed by atoms with Gasteiger partial charge in [0.25, 0.3) is 0 Å². The summed E-state index contributed by atoms with van der Waals surface area (Å²) in [5.74, 6) is 0. The molecule has 0 spiro atoms. The summed E-state index contributed by atoms with van der Waals surface area (Å²) in [5.41, 5.74) is 3.66. The van der Waals surface area contributed by atoms with E-state index in [0.29, 0.717) is 6.04 Å². The SMILES string of the molecule is Cc1ccnc(C[C@H](C)N(C)CCc2csc(C)n2)c1. The molecule has 0 fully saturated rings. The van der Waals surface area contributed by atoms with Crippen LogP contribution in [-0.2, 0) is 12.8 Å². The number of hydrogen-bond donors (Lipinski definition) is 0. The maximum Gasteiger partial charge on any atom is 0.0897 e. The van der Waals surface area contributed by atoms with E-state index in [0.717, 1.165) is 24.4 Å². The lowest BCUT2D eigenvalue weighted by Gasteiger charge is -2.24. The Morgan fingerprint density at radius 3 is 2.75 bits per heavy atom. The van der Waals surface area contributed by atoms with Gasteiger partial charge in [0, 0.05) is 42.7 Å². The molecule has 0 saturated heterocycles. The molecular formula is C16H23N3S. The van der Waals surface area contributed by atoms with E-state index in [4.69, 9.17) is 0 Å². The first-order valence-electron chi connectivity index (χ1n) is 7.07. The van der Waals surface area contributed by atoms with Crippen LogP contribution in [-0.4, -0.2) is 34.5 Å². The molecular weight excluding hydrogens is 266 g/mol. The summed E-state index contributed by atoms with van der Waals surface area (Å²) in [7, 11) is 2.18. The fourth-order valence-corrected chi connectivity index (χ4v) is 2.85. The third-order valence-electron chi connectivity index (χ3n) is 3.62. The Morgan fingerprint density at radius 2 is 2.10 bits per heavy atom. The van der Waals surface area contributed by atoms with Crippen LogP contribution < -0.4 is 0 Å². The van der Waals surface area contributed by atoms with Gasteiger partial charge < -0.3 is 4.90 Å².